The number of halogens is 3. The van der Waals surface area contributed by atoms with E-state index in [1.165, 1.54) is 0 Å². The molecule has 4 N–H and O–H groups in total. The summed E-state index contributed by atoms with van der Waals surface area (Å²) in [7, 11) is 0. The maximum Gasteiger partial charge on any atom is 0.338 e. The third kappa shape index (κ3) is 2.11. The fourth-order valence-corrected chi connectivity index (χ4v) is 1.27. The molecule has 1 unspecified atom stereocenters. The van der Waals surface area contributed by atoms with E-state index in [9.17, 15) is 9.18 Å². The largest absolute Gasteiger partial charge is 0.479 e. The second-order valence-corrected chi connectivity index (χ2v) is 3.33. The Morgan fingerprint density at radius 1 is 1.47 bits per heavy atom. The average molecular weight is 255 g/mol. The predicted molar refractivity (Wildman–Crippen MR) is 51.2 cm³/mol. The molecule has 0 aliphatic heterocycles. The van der Waals surface area contributed by atoms with Crippen molar-refractivity contribution in [3.63, 3.8) is 0 Å². The van der Waals surface area contributed by atoms with E-state index in [2.05, 4.69) is 4.98 Å². The van der Waals surface area contributed by atoms with E-state index < -0.39 is 28.7 Å². The molecule has 0 aromatic carbocycles. The van der Waals surface area contributed by atoms with Crippen LogP contribution in [0.15, 0.2) is 0 Å². The van der Waals surface area contributed by atoms with E-state index in [4.69, 9.17) is 39.1 Å². The Morgan fingerprint density at radius 2 is 2.00 bits per heavy atom. The van der Waals surface area contributed by atoms with Crippen LogP contribution in [-0.4, -0.2) is 21.2 Å². The Hall–Kier alpha value is -1.11. The molecule has 0 bridgehead atoms. The number of aliphatic hydroxyl groups excluding tert-OH is 1. The summed E-state index contributed by atoms with van der Waals surface area (Å²) in [5, 5.41) is 16.7. The SMILES string of the molecule is Nc1c(Cl)c(F)nc(C(O)C(=O)O)c1Cl. The Labute approximate surface area is 93.2 Å². The molecule has 0 aliphatic carbocycles. The topological polar surface area (TPSA) is 96.4 Å². The van der Waals surface area contributed by atoms with Gasteiger partial charge in [-0.1, -0.05) is 23.2 Å². The first-order valence-electron chi connectivity index (χ1n) is 3.57. The third-order valence-electron chi connectivity index (χ3n) is 1.59. The number of aromatic nitrogens is 1. The summed E-state index contributed by atoms with van der Waals surface area (Å²) in [5.74, 6) is -2.81. The lowest BCUT2D eigenvalue weighted by molar-refractivity contribution is -0.147. The van der Waals surface area contributed by atoms with Crippen LogP contribution in [-0.2, 0) is 4.79 Å². The molecule has 0 spiro atoms. The molecule has 15 heavy (non-hydrogen) atoms. The summed E-state index contributed by atoms with van der Waals surface area (Å²) in [6.07, 6.45) is -2.05. The highest BCUT2D eigenvalue weighted by atomic mass is 35.5. The first-order valence-corrected chi connectivity index (χ1v) is 4.32. The second kappa shape index (κ2) is 4.18. The molecule has 1 rings (SSSR count). The van der Waals surface area contributed by atoms with Crippen molar-refractivity contribution >= 4 is 34.9 Å². The zero-order chi connectivity index (χ0) is 11.7. The van der Waals surface area contributed by atoms with Crippen LogP contribution in [0.1, 0.15) is 11.8 Å². The van der Waals surface area contributed by atoms with E-state index in [0.29, 0.717) is 0 Å². The van der Waals surface area contributed by atoms with E-state index in [-0.39, 0.29) is 10.7 Å². The Bertz CT molecular complexity index is 427. The van der Waals surface area contributed by atoms with Gasteiger partial charge in [-0.2, -0.15) is 4.39 Å². The number of nitrogens with zero attached hydrogens (tertiary/aromatic N) is 1. The fourth-order valence-electron chi connectivity index (χ4n) is 0.848. The Morgan fingerprint density at radius 3 is 2.47 bits per heavy atom. The monoisotopic (exact) mass is 254 g/mol. The number of rotatable bonds is 2. The molecular weight excluding hydrogens is 250 g/mol. The first-order chi connectivity index (χ1) is 6.86. The quantitative estimate of drug-likeness (QED) is 0.690. The Kier molecular flexibility index (Phi) is 3.33. The predicted octanol–water partition coefficient (Wildman–Crippen LogP) is 1.23. The number of carboxylic acids is 1. The van der Waals surface area contributed by atoms with Crippen molar-refractivity contribution in [2.45, 2.75) is 6.10 Å². The first kappa shape index (κ1) is 12.0. The van der Waals surface area contributed by atoms with Crippen molar-refractivity contribution in [2.75, 3.05) is 5.73 Å². The summed E-state index contributed by atoms with van der Waals surface area (Å²) in [6, 6.07) is 0. The number of aliphatic hydroxyl groups is 1. The number of pyridine rings is 1. The van der Waals surface area contributed by atoms with Crippen LogP contribution in [0.5, 0.6) is 0 Å². The minimum atomic E-state index is -2.05. The van der Waals surface area contributed by atoms with Gasteiger partial charge in [0.05, 0.1) is 10.7 Å². The third-order valence-corrected chi connectivity index (χ3v) is 2.35. The molecular formula is C7H5Cl2FN2O3. The lowest BCUT2D eigenvalue weighted by Gasteiger charge is -2.10. The average Bonchev–Trinajstić information content (AvgIpc) is 2.19. The number of hydrogen-bond acceptors (Lipinski definition) is 4. The summed E-state index contributed by atoms with van der Waals surface area (Å²) >= 11 is 10.9. The van der Waals surface area contributed by atoms with Gasteiger partial charge in [0.1, 0.15) is 10.7 Å². The molecule has 1 atom stereocenters. The van der Waals surface area contributed by atoms with Gasteiger partial charge in [-0.05, 0) is 0 Å². The molecule has 0 fully saturated rings. The number of hydrogen-bond donors (Lipinski definition) is 3. The van der Waals surface area contributed by atoms with Gasteiger partial charge in [0.25, 0.3) is 0 Å². The highest BCUT2D eigenvalue weighted by Gasteiger charge is 2.25. The fraction of sp³-hybridized carbons (Fsp3) is 0.143. The standard InChI is InChI=1S/C7H5Cl2FN2O3/c8-1-3(11)2(9)6(10)12-4(1)5(13)7(14)15/h5,13H,(H2,11,12)(H,14,15). The molecule has 0 saturated heterocycles. The maximum absolute atomic E-state index is 13.0. The molecule has 0 amide bonds. The molecule has 8 heteroatoms. The zero-order valence-corrected chi connectivity index (χ0v) is 8.55. The molecule has 0 saturated carbocycles. The molecule has 0 aliphatic rings. The molecule has 1 aromatic heterocycles. The zero-order valence-electron chi connectivity index (χ0n) is 7.04. The van der Waals surface area contributed by atoms with Crippen LogP contribution < -0.4 is 5.73 Å². The number of anilines is 1. The van der Waals surface area contributed by atoms with E-state index in [1.54, 1.807) is 0 Å². The normalized spacial score (nSPS) is 12.5. The van der Waals surface area contributed by atoms with Crippen molar-refractivity contribution in [3.8, 4) is 0 Å². The summed E-state index contributed by atoms with van der Waals surface area (Å²) in [4.78, 5) is 13.5. The number of carbonyl (C=O) groups is 1. The summed E-state index contributed by atoms with van der Waals surface area (Å²) in [5.41, 5.74) is 4.33. The van der Waals surface area contributed by atoms with Crippen molar-refractivity contribution in [3.05, 3.63) is 21.7 Å². The van der Waals surface area contributed by atoms with Crippen LogP contribution in [0.3, 0.4) is 0 Å². The van der Waals surface area contributed by atoms with Gasteiger partial charge in [-0.15, -0.1) is 0 Å². The molecule has 1 aromatic rings. The number of nitrogen functional groups attached to an aromatic ring is 1. The highest BCUT2D eigenvalue weighted by Crippen LogP contribution is 2.33. The molecule has 82 valence electrons. The van der Waals surface area contributed by atoms with Gasteiger partial charge in [0.15, 0.2) is 6.10 Å². The number of nitrogens with two attached hydrogens (primary N) is 1. The summed E-state index contributed by atoms with van der Waals surface area (Å²) < 4.78 is 13.0. The van der Waals surface area contributed by atoms with Crippen LogP contribution in [0.4, 0.5) is 10.1 Å². The Balaban J connectivity index is 3.38. The van der Waals surface area contributed by atoms with Crippen molar-refractivity contribution in [2.24, 2.45) is 0 Å². The molecule has 1 heterocycles. The van der Waals surface area contributed by atoms with Gasteiger partial charge < -0.3 is 15.9 Å². The van der Waals surface area contributed by atoms with Crippen LogP contribution >= 0.6 is 23.2 Å². The van der Waals surface area contributed by atoms with Crippen molar-refractivity contribution in [1.82, 2.24) is 4.98 Å². The van der Waals surface area contributed by atoms with E-state index in [0.717, 1.165) is 0 Å². The van der Waals surface area contributed by atoms with Gasteiger partial charge in [0, 0.05) is 0 Å². The van der Waals surface area contributed by atoms with Gasteiger partial charge in [-0.3, -0.25) is 0 Å². The second-order valence-electron chi connectivity index (χ2n) is 2.57. The lowest BCUT2D eigenvalue weighted by Crippen LogP contribution is -2.14. The minimum absolute atomic E-state index is 0.360. The maximum atomic E-state index is 13.0. The lowest BCUT2D eigenvalue weighted by atomic mass is 10.2. The minimum Gasteiger partial charge on any atom is -0.479 e. The van der Waals surface area contributed by atoms with E-state index in [1.807, 2.05) is 0 Å². The van der Waals surface area contributed by atoms with Crippen molar-refractivity contribution < 1.29 is 19.4 Å². The van der Waals surface area contributed by atoms with E-state index >= 15 is 0 Å². The van der Waals surface area contributed by atoms with Crippen molar-refractivity contribution in [1.29, 1.82) is 0 Å². The number of aliphatic carboxylic acids is 1. The van der Waals surface area contributed by atoms with Gasteiger partial charge in [-0.25, -0.2) is 9.78 Å². The van der Waals surface area contributed by atoms with Crippen LogP contribution in [0.2, 0.25) is 10.0 Å². The smallest absolute Gasteiger partial charge is 0.338 e. The van der Waals surface area contributed by atoms with Crippen LogP contribution in [0, 0.1) is 5.95 Å². The molecule has 5 nitrogen and oxygen atoms in total. The van der Waals surface area contributed by atoms with Crippen LogP contribution in [0.25, 0.3) is 0 Å². The highest BCUT2D eigenvalue weighted by molar-refractivity contribution is 6.39. The summed E-state index contributed by atoms with van der Waals surface area (Å²) in [6.45, 7) is 0. The van der Waals surface area contributed by atoms with Gasteiger partial charge in [0.2, 0.25) is 5.95 Å². The van der Waals surface area contributed by atoms with Gasteiger partial charge >= 0.3 is 5.97 Å². The number of carboxylic acid groups (broad SMARTS) is 1. The molecule has 0 radical (unpaired) electrons.